The lowest BCUT2D eigenvalue weighted by molar-refractivity contribution is -0.122. The molecule has 0 saturated heterocycles. The number of rotatable bonds is 6. The van der Waals surface area contributed by atoms with Crippen LogP contribution in [-0.4, -0.2) is 23.7 Å². The van der Waals surface area contributed by atoms with E-state index in [1.165, 1.54) is 38.5 Å². The average Bonchev–Trinajstić information content (AvgIpc) is 2.57. The summed E-state index contributed by atoms with van der Waals surface area (Å²) in [6.07, 6.45) is 9.94. The number of aliphatic hydroxyl groups excluding tert-OH is 1. The maximum atomic E-state index is 11.7. The molecule has 0 aliphatic heterocycles. The number of carbonyl (C=O) groups excluding carboxylic acids is 1. The third-order valence-corrected chi connectivity index (χ3v) is 3.81. The van der Waals surface area contributed by atoms with Crippen LogP contribution in [-0.2, 0) is 4.79 Å². The van der Waals surface area contributed by atoms with E-state index in [1.54, 1.807) is 0 Å². The standard InChI is InChI=1S/C14H27NO2/c1-12(13-8-4-2-3-5-9-13)15-14(17)10-6-7-11-16/h12-13,16H,2-11H2,1H3,(H,15,17)/t12-/m0/s1. The van der Waals surface area contributed by atoms with Gasteiger partial charge in [-0.05, 0) is 38.5 Å². The number of aliphatic hydroxyl groups is 1. The number of unbranched alkanes of at least 4 members (excludes halogenated alkanes) is 1. The molecule has 0 spiro atoms. The minimum Gasteiger partial charge on any atom is -0.396 e. The van der Waals surface area contributed by atoms with E-state index in [-0.39, 0.29) is 12.5 Å². The SMILES string of the molecule is C[C@H](NC(=O)CCCCO)C1CCCCCC1. The first-order valence-electron chi connectivity index (χ1n) is 7.14. The lowest BCUT2D eigenvalue weighted by Gasteiger charge is -2.23. The Morgan fingerprint density at radius 1 is 1.24 bits per heavy atom. The molecule has 1 aliphatic carbocycles. The molecular formula is C14H27NO2. The zero-order valence-electron chi connectivity index (χ0n) is 11.1. The fourth-order valence-electron chi connectivity index (χ4n) is 2.65. The van der Waals surface area contributed by atoms with Crippen LogP contribution < -0.4 is 5.32 Å². The minimum atomic E-state index is 0.148. The lowest BCUT2D eigenvalue weighted by atomic mass is 9.93. The molecule has 0 radical (unpaired) electrons. The van der Waals surface area contributed by atoms with E-state index in [9.17, 15) is 4.79 Å². The first-order chi connectivity index (χ1) is 8.24. The Hall–Kier alpha value is -0.570. The highest BCUT2D eigenvalue weighted by Gasteiger charge is 2.20. The Balaban J connectivity index is 2.21. The molecule has 1 fully saturated rings. The third kappa shape index (κ3) is 6.06. The zero-order valence-corrected chi connectivity index (χ0v) is 11.1. The molecule has 3 nitrogen and oxygen atoms in total. The van der Waals surface area contributed by atoms with E-state index in [2.05, 4.69) is 12.2 Å². The predicted octanol–water partition coefficient (Wildman–Crippen LogP) is 2.62. The van der Waals surface area contributed by atoms with Crippen molar-refractivity contribution in [1.29, 1.82) is 0 Å². The quantitative estimate of drug-likeness (QED) is 0.555. The van der Waals surface area contributed by atoms with Gasteiger partial charge in [-0.3, -0.25) is 4.79 Å². The van der Waals surface area contributed by atoms with Crippen molar-refractivity contribution in [3.05, 3.63) is 0 Å². The Labute approximate surface area is 105 Å². The van der Waals surface area contributed by atoms with Gasteiger partial charge in [0.15, 0.2) is 0 Å². The van der Waals surface area contributed by atoms with Gasteiger partial charge in [0.25, 0.3) is 0 Å². The second kappa shape index (κ2) is 8.51. The summed E-state index contributed by atoms with van der Waals surface area (Å²) in [7, 11) is 0. The van der Waals surface area contributed by atoms with Crippen LogP contribution in [0.25, 0.3) is 0 Å². The van der Waals surface area contributed by atoms with Gasteiger partial charge in [0.1, 0.15) is 0 Å². The normalized spacial score (nSPS) is 19.6. The summed E-state index contributed by atoms with van der Waals surface area (Å²) in [5.74, 6) is 0.814. The summed E-state index contributed by atoms with van der Waals surface area (Å²) in [6.45, 7) is 2.32. The second-order valence-electron chi connectivity index (χ2n) is 5.29. The Morgan fingerprint density at radius 3 is 2.47 bits per heavy atom. The lowest BCUT2D eigenvalue weighted by Crippen LogP contribution is -2.37. The highest BCUT2D eigenvalue weighted by Crippen LogP contribution is 2.25. The summed E-state index contributed by atoms with van der Waals surface area (Å²) >= 11 is 0. The van der Waals surface area contributed by atoms with Crippen molar-refractivity contribution in [3.8, 4) is 0 Å². The van der Waals surface area contributed by atoms with E-state index in [1.807, 2.05) is 0 Å². The van der Waals surface area contributed by atoms with Crippen molar-refractivity contribution in [3.63, 3.8) is 0 Å². The van der Waals surface area contributed by atoms with E-state index < -0.39 is 0 Å². The van der Waals surface area contributed by atoms with Gasteiger partial charge in [-0.25, -0.2) is 0 Å². The smallest absolute Gasteiger partial charge is 0.220 e. The van der Waals surface area contributed by atoms with Crippen molar-refractivity contribution >= 4 is 5.91 Å². The molecule has 0 heterocycles. The van der Waals surface area contributed by atoms with Crippen molar-refractivity contribution in [1.82, 2.24) is 5.32 Å². The summed E-state index contributed by atoms with van der Waals surface area (Å²) in [6, 6.07) is 0.315. The average molecular weight is 241 g/mol. The Morgan fingerprint density at radius 2 is 1.88 bits per heavy atom. The second-order valence-corrected chi connectivity index (χ2v) is 5.29. The Bertz CT molecular complexity index is 210. The molecule has 1 saturated carbocycles. The molecule has 1 aliphatic rings. The predicted molar refractivity (Wildman–Crippen MR) is 69.7 cm³/mol. The highest BCUT2D eigenvalue weighted by molar-refractivity contribution is 5.76. The van der Waals surface area contributed by atoms with E-state index in [0.29, 0.717) is 18.4 Å². The van der Waals surface area contributed by atoms with Crippen LogP contribution in [0.5, 0.6) is 0 Å². The van der Waals surface area contributed by atoms with Gasteiger partial charge in [-0.2, -0.15) is 0 Å². The van der Waals surface area contributed by atoms with Gasteiger partial charge in [-0.15, -0.1) is 0 Å². The summed E-state index contributed by atoms with van der Waals surface area (Å²) in [4.78, 5) is 11.7. The topological polar surface area (TPSA) is 49.3 Å². The number of nitrogens with one attached hydrogen (secondary N) is 1. The van der Waals surface area contributed by atoms with Gasteiger partial charge < -0.3 is 10.4 Å². The van der Waals surface area contributed by atoms with Crippen LogP contribution in [0.3, 0.4) is 0 Å². The fraction of sp³-hybridized carbons (Fsp3) is 0.929. The molecule has 2 N–H and O–H groups in total. The van der Waals surface area contributed by atoms with Gasteiger partial charge in [-0.1, -0.05) is 25.7 Å². The molecule has 17 heavy (non-hydrogen) atoms. The van der Waals surface area contributed by atoms with Gasteiger partial charge in [0.2, 0.25) is 5.91 Å². The van der Waals surface area contributed by atoms with E-state index in [0.717, 1.165) is 12.8 Å². The van der Waals surface area contributed by atoms with Crippen LogP contribution in [0.2, 0.25) is 0 Å². The number of hydrogen-bond acceptors (Lipinski definition) is 2. The fourth-order valence-corrected chi connectivity index (χ4v) is 2.65. The summed E-state index contributed by atoms with van der Waals surface area (Å²) in [5, 5.41) is 11.8. The number of hydrogen-bond donors (Lipinski definition) is 2. The molecule has 0 bridgehead atoms. The molecule has 100 valence electrons. The minimum absolute atomic E-state index is 0.148. The number of amides is 1. The van der Waals surface area contributed by atoms with Crippen molar-refractivity contribution < 1.29 is 9.90 Å². The van der Waals surface area contributed by atoms with Crippen LogP contribution in [0.4, 0.5) is 0 Å². The molecule has 1 atom stereocenters. The van der Waals surface area contributed by atoms with Crippen molar-refractivity contribution in [2.24, 2.45) is 5.92 Å². The molecule has 0 aromatic carbocycles. The molecule has 0 aromatic heterocycles. The van der Waals surface area contributed by atoms with Crippen molar-refractivity contribution in [2.75, 3.05) is 6.61 Å². The van der Waals surface area contributed by atoms with Crippen molar-refractivity contribution in [2.45, 2.75) is 70.8 Å². The summed E-state index contributed by atoms with van der Waals surface area (Å²) in [5.41, 5.74) is 0. The molecule has 1 rings (SSSR count). The van der Waals surface area contributed by atoms with Crippen LogP contribution >= 0.6 is 0 Å². The molecule has 0 unspecified atom stereocenters. The third-order valence-electron chi connectivity index (χ3n) is 3.81. The van der Waals surface area contributed by atoms with Crippen LogP contribution in [0.1, 0.15) is 64.7 Å². The monoisotopic (exact) mass is 241 g/mol. The first-order valence-corrected chi connectivity index (χ1v) is 7.14. The first kappa shape index (κ1) is 14.5. The zero-order chi connectivity index (χ0) is 12.5. The maximum absolute atomic E-state index is 11.7. The van der Waals surface area contributed by atoms with E-state index in [4.69, 9.17) is 5.11 Å². The van der Waals surface area contributed by atoms with Crippen LogP contribution in [0, 0.1) is 5.92 Å². The van der Waals surface area contributed by atoms with Gasteiger partial charge in [0, 0.05) is 19.1 Å². The van der Waals surface area contributed by atoms with Gasteiger partial charge >= 0.3 is 0 Å². The number of carbonyl (C=O) groups is 1. The summed E-state index contributed by atoms with van der Waals surface area (Å²) < 4.78 is 0. The molecule has 0 aromatic rings. The largest absolute Gasteiger partial charge is 0.396 e. The maximum Gasteiger partial charge on any atom is 0.220 e. The molecular weight excluding hydrogens is 214 g/mol. The Kier molecular flexibility index (Phi) is 7.25. The van der Waals surface area contributed by atoms with Gasteiger partial charge in [0.05, 0.1) is 0 Å². The van der Waals surface area contributed by atoms with E-state index >= 15 is 0 Å². The van der Waals surface area contributed by atoms with Crippen LogP contribution in [0.15, 0.2) is 0 Å². The highest BCUT2D eigenvalue weighted by atomic mass is 16.2. The molecule has 1 amide bonds. The molecule has 3 heteroatoms.